The molecular weight excluding hydrogens is 226 g/mol. The SMILES string of the molecule is CCCNC(c1ccc(C(C)(C)C)s1)C(C)C. The van der Waals surface area contributed by atoms with E-state index in [1.165, 1.54) is 16.2 Å². The normalized spacial score (nSPS) is 14.3. The summed E-state index contributed by atoms with van der Waals surface area (Å²) in [6.07, 6.45) is 1.20. The van der Waals surface area contributed by atoms with E-state index in [4.69, 9.17) is 0 Å². The molecule has 0 aromatic carbocycles. The summed E-state index contributed by atoms with van der Waals surface area (Å²) in [4.78, 5) is 2.97. The van der Waals surface area contributed by atoms with E-state index in [0.717, 1.165) is 6.54 Å². The Balaban J connectivity index is 2.84. The number of hydrogen-bond donors (Lipinski definition) is 1. The molecule has 0 aliphatic carbocycles. The van der Waals surface area contributed by atoms with E-state index in [1.807, 2.05) is 11.3 Å². The van der Waals surface area contributed by atoms with Gasteiger partial charge in [-0.15, -0.1) is 11.3 Å². The average molecular weight is 253 g/mol. The van der Waals surface area contributed by atoms with Gasteiger partial charge in [-0.1, -0.05) is 41.5 Å². The van der Waals surface area contributed by atoms with Crippen molar-refractivity contribution < 1.29 is 0 Å². The standard InChI is InChI=1S/C15H27NS/c1-7-10-16-14(11(2)3)12-8-9-13(17-12)15(4,5)6/h8-9,11,14,16H,7,10H2,1-6H3. The van der Waals surface area contributed by atoms with Crippen LogP contribution in [0.3, 0.4) is 0 Å². The molecule has 1 unspecified atom stereocenters. The molecule has 98 valence electrons. The molecule has 1 nitrogen and oxygen atoms in total. The Morgan fingerprint density at radius 3 is 2.29 bits per heavy atom. The zero-order valence-corrected chi connectivity index (χ0v) is 12.9. The highest BCUT2D eigenvalue weighted by Gasteiger charge is 2.21. The summed E-state index contributed by atoms with van der Waals surface area (Å²) in [5.41, 5.74) is 0.273. The van der Waals surface area contributed by atoms with Crippen LogP contribution in [0.4, 0.5) is 0 Å². The third-order valence-corrected chi connectivity index (χ3v) is 4.55. The van der Waals surface area contributed by atoms with Crippen LogP contribution in [-0.2, 0) is 5.41 Å². The minimum Gasteiger partial charge on any atom is -0.309 e. The summed E-state index contributed by atoms with van der Waals surface area (Å²) in [6.45, 7) is 14.8. The molecule has 0 aliphatic rings. The summed E-state index contributed by atoms with van der Waals surface area (Å²) < 4.78 is 0. The van der Waals surface area contributed by atoms with Crippen molar-refractivity contribution in [3.8, 4) is 0 Å². The second kappa shape index (κ2) is 6.01. The van der Waals surface area contributed by atoms with Gasteiger partial charge in [0, 0.05) is 15.8 Å². The Labute approximate surface area is 111 Å². The number of hydrogen-bond acceptors (Lipinski definition) is 2. The van der Waals surface area contributed by atoms with E-state index in [2.05, 4.69) is 59.0 Å². The van der Waals surface area contributed by atoms with Crippen LogP contribution in [0.5, 0.6) is 0 Å². The maximum Gasteiger partial charge on any atom is 0.0438 e. The minimum absolute atomic E-state index is 0.273. The molecule has 1 rings (SSSR count). The maximum absolute atomic E-state index is 3.66. The predicted octanol–water partition coefficient (Wildman–Crippen LogP) is 4.74. The molecule has 0 radical (unpaired) electrons. The van der Waals surface area contributed by atoms with Gasteiger partial charge in [0.05, 0.1) is 0 Å². The predicted molar refractivity (Wildman–Crippen MR) is 78.9 cm³/mol. The molecule has 0 saturated heterocycles. The molecule has 0 amide bonds. The van der Waals surface area contributed by atoms with Gasteiger partial charge in [0.15, 0.2) is 0 Å². The zero-order valence-electron chi connectivity index (χ0n) is 12.1. The van der Waals surface area contributed by atoms with Gasteiger partial charge in [-0.05, 0) is 36.4 Å². The molecule has 0 fully saturated rings. The summed E-state index contributed by atoms with van der Waals surface area (Å²) in [7, 11) is 0. The molecule has 17 heavy (non-hydrogen) atoms. The van der Waals surface area contributed by atoms with E-state index >= 15 is 0 Å². The van der Waals surface area contributed by atoms with E-state index in [-0.39, 0.29) is 5.41 Å². The lowest BCUT2D eigenvalue weighted by atomic mass is 9.95. The molecule has 0 saturated carbocycles. The lowest BCUT2D eigenvalue weighted by Gasteiger charge is -2.21. The molecule has 2 heteroatoms. The smallest absolute Gasteiger partial charge is 0.0438 e. The van der Waals surface area contributed by atoms with Crippen LogP contribution in [-0.4, -0.2) is 6.54 Å². The van der Waals surface area contributed by atoms with E-state index in [0.29, 0.717) is 12.0 Å². The maximum atomic E-state index is 3.66. The fraction of sp³-hybridized carbons (Fsp3) is 0.733. The monoisotopic (exact) mass is 253 g/mol. The van der Waals surface area contributed by atoms with Gasteiger partial charge in [0.2, 0.25) is 0 Å². The van der Waals surface area contributed by atoms with Crippen molar-refractivity contribution in [3.63, 3.8) is 0 Å². The summed E-state index contributed by atoms with van der Waals surface area (Å²) in [6, 6.07) is 5.11. The van der Waals surface area contributed by atoms with Crippen LogP contribution in [0.1, 0.15) is 63.8 Å². The van der Waals surface area contributed by atoms with Crippen LogP contribution in [0.2, 0.25) is 0 Å². The second-order valence-electron chi connectivity index (χ2n) is 6.13. The molecule has 0 spiro atoms. The van der Waals surface area contributed by atoms with Gasteiger partial charge in [-0.2, -0.15) is 0 Å². The first-order valence-corrected chi connectivity index (χ1v) is 7.51. The Kier molecular flexibility index (Phi) is 5.21. The Hall–Kier alpha value is -0.340. The van der Waals surface area contributed by atoms with Crippen LogP contribution in [0.25, 0.3) is 0 Å². The Bertz CT molecular complexity index is 333. The van der Waals surface area contributed by atoms with Crippen LogP contribution < -0.4 is 5.32 Å². The van der Waals surface area contributed by atoms with Gasteiger partial charge in [0.25, 0.3) is 0 Å². The van der Waals surface area contributed by atoms with Crippen molar-refractivity contribution in [1.82, 2.24) is 5.32 Å². The third-order valence-electron chi connectivity index (χ3n) is 2.95. The van der Waals surface area contributed by atoms with Gasteiger partial charge in [0.1, 0.15) is 0 Å². The van der Waals surface area contributed by atoms with Crippen LogP contribution in [0, 0.1) is 5.92 Å². The lowest BCUT2D eigenvalue weighted by molar-refractivity contribution is 0.418. The van der Waals surface area contributed by atoms with E-state index in [9.17, 15) is 0 Å². The van der Waals surface area contributed by atoms with Crippen molar-refractivity contribution in [2.75, 3.05) is 6.54 Å². The minimum atomic E-state index is 0.273. The average Bonchev–Trinajstić information content (AvgIpc) is 2.66. The van der Waals surface area contributed by atoms with E-state index in [1.54, 1.807) is 0 Å². The highest BCUT2D eigenvalue weighted by atomic mass is 32.1. The lowest BCUT2D eigenvalue weighted by Crippen LogP contribution is -2.25. The van der Waals surface area contributed by atoms with Gasteiger partial charge in [-0.25, -0.2) is 0 Å². The molecule has 1 atom stereocenters. The van der Waals surface area contributed by atoms with Crippen molar-refractivity contribution in [2.45, 2.75) is 59.4 Å². The zero-order chi connectivity index (χ0) is 13.1. The molecule has 1 aromatic heterocycles. The van der Waals surface area contributed by atoms with E-state index < -0.39 is 0 Å². The Morgan fingerprint density at radius 1 is 1.24 bits per heavy atom. The molecule has 1 N–H and O–H groups in total. The van der Waals surface area contributed by atoms with Crippen LogP contribution in [0.15, 0.2) is 12.1 Å². The van der Waals surface area contributed by atoms with Crippen molar-refractivity contribution in [3.05, 3.63) is 21.9 Å². The topological polar surface area (TPSA) is 12.0 Å². The third kappa shape index (κ3) is 4.11. The summed E-state index contributed by atoms with van der Waals surface area (Å²) in [5.74, 6) is 0.646. The van der Waals surface area contributed by atoms with Gasteiger partial charge in [-0.3, -0.25) is 0 Å². The highest BCUT2D eigenvalue weighted by Crippen LogP contribution is 2.34. The molecule has 1 aromatic rings. The second-order valence-corrected chi connectivity index (χ2v) is 7.24. The number of nitrogens with one attached hydrogen (secondary N) is 1. The van der Waals surface area contributed by atoms with Crippen molar-refractivity contribution in [1.29, 1.82) is 0 Å². The molecule has 0 aliphatic heterocycles. The fourth-order valence-corrected chi connectivity index (χ4v) is 3.20. The molecule has 1 heterocycles. The first kappa shape index (κ1) is 14.7. The van der Waals surface area contributed by atoms with Gasteiger partial charge >= 0.3 is 0 Å². The number of rotatable bonds is 5. The number of thiophene rings is 1. The largest absolute Gasteiger partial charge is 0.309 e. The van der Waals surface area contributed by atoms with Crippen molar-refractivity contribution in [2.24, 2.45) is 5.92 Å². The quantitative estimate of drug-likeness (QED) is 0.799. The first-order valence-electron chi connectivity index (χ1n) is 6.69. The first-order chi connectivity index (χ1) is 7.86. The van der Waals surface area contributed by atoms with Crippen molar-refractivity contribution >= 4 is 11.3 Å². The molecular formula is C15H27NS. The molecule has 0 bridgehead atoms. The highest BCUT2D eigenvalue weighted by molar-refractivity contribution is 7.12. The van der Waals surface area contributed by atoms with Gasteiger partial charge < -0.3 is 5.32 Å². The van der Waals surface area contributed by atoms with Crippen LogP contribution >= 0.6 is 11.3 Å². The fourth-order valence-electron chi connectivity index (χ4n) is 1.89. The summed E-state index contributed by atoms with van der Waals surface area (Å²) >= 11 is 1.96. The summed E-state index contributed by atoms with van der Waals surface area (Å²) in [5, 5.41) is 3.66. The Morgan fingerprint density at radius 2 is 1.88 bits per heavy atom.